The van der Waals surface area contributed by atoms with Crippen LogP contribution in [0.25, 0.3) is 11.0 Å². The molecule has 1 aromatic heterocycles. The number of halogens is 1. The van der Waals surface area contributed by atoms with Crippen LogP contribution in [0, 0.1) is 0 Å². The highest BCUT2D eigenvalue weighted by Crippen LogP contribution is 2.33. The minimum Gasteiger partial charge on any atom is -0.490 e. The van der Waals surface area contributed by atoms with E-state index in [-0.39, 0.29) is 0 Å². The van der Waals surface area contributed by atoms with Gasteiger partial charge in [-0.3, -0.25) is 0 Å². The summed E-state index contributed by atoms with van der Waals surface area (Å²) in [5.74, 6) is 1.17. The first-order valence-electron chi connectivity index (χ1n) is 6.78. The topological polar surface area (TPSA) is 42.6 Å². The molecular formula is C17H15ClO3. The Labute approximate surface area is 127 Å². The van der Waals surface area contributed by atoms with Crippen LogP contribution in [0.4, 0.5) is 0 Å². The normalized spacial score (nSPS) is 12.5. The number of aliphatic hydroxyl groups is 1. The number of para-hydroxylation sites is 1. The summed E-state index contributed by atoms with van der Waals surface area (Å²) in [5, 5.41) is 12.0. The van der Waals surface area contributed by atoms with Crippen LogP contribution >= 0.6 is 11.6 Å². The molecule has 21 heavy (non-hydrogen) atoms. The molecule has 3 nitrogen and oxygen atoms in total. The lowest BCUT2D eigenvalue weighted by molar-refractivity contribution is 0.191. The molecule has 0 fully saturated rings. The third-order valence-corrected chi connectivity index (χ3v) is 3.53. The van der Waals surface area contributed by atoms with Crippen molar-refractivity contribution in [1.29, 1.82) is 0 Å². The summed E-state index contributed by atoms with van der Waals surface area (Å²) in [7, 11) is 0. The Morgan fingerprint density at radius 2 is 1.95 bits per heavy atom. The standard InChI is InChI=1S/C17H15ClO3/c1-2-20-14-5-3-4-12-10-15(21-17(12)14)16(19)11-6-8-13(18)9-7-11/h3-10,16,19H,2H2,1H3. The van der Waals surface area contributed by atoms with Crippen LogP contribution in [-0.4, -0.2) is 11.7 Å². The number of aliphatic hydroxyl groups excluding tert-OH is 1. The summed E-state index contributed by atoms with van der Waals surface area (Å²) >= 11 is 5.86. The number of hydrogen-bond acceptors (Lipinski definition) is 3. The molecule has 4 heteroatoms. The molecule has 1 atom stereocenters. The number of benzene rings is 2. The first kappa shape index (κ1) is 14.0. The van der Waals surface area contributed by atoms with Crippen LogP contribution < -0.4 is 4.74 Å². The molecule has 0 aliphatic heterocycles. The van der Waals surface area contributed by atoms with Crippen molar-refractivity contribution in [2.45, 2.75) is 13.0 Å². The van der Waals surface area contributed by atoms with Crippen molar-refractivity contribution in [2.24, 2.45) is 0 Å². The second kappa shape index (κ2) is 5.80. The molecule has 0 spiro atoms. The Kier molecular flexibility index (Phi) is 3.86. The summed E-state index contributed by atoms with van der Waals surface area (Å²) in [6.07, 6.45) is -0.829. The SMILES string of the molecule is CCOc1cccc2cc(C(O)c3ccc(Cl)cc3)oc12. The second-order valence-electron chi connectivity index (χ2n) is 4.71. The third-order valence-electron chi connectivity index (χ3n) is 3.28. The van der Waals surface area contributed by atoms with E-state index in [1.165, 1.54) is 0 Å². The molecule has 3 aromatic rings. The van der Waals surface area contributed by atoms with E-state index in [1.807, 2.05) is 31.2 Å². The van der Waals surface area contributed by atoms with Gasteiger partial charge in [0, 0.05) is 10.4 Å². The van der Waals surface area contributed by atoms with E-state index in [0.717, 1.165) is 10.9 Å². The number of fused-ring (bicyclic) bond motifs is 1. The molecule has 108 valence electrons. The van der Waals surface area contributed by atoms with Crippen molar-refractivity contribution < 1.29 is 14.3 Å². The summed E-state index contributed by atoms with van der Waals surface area (Å²) in [6.45, 7) is 2.49. The Morgan fingerprint density at radius 3 is 2.67 bits per heavy atom. The van der Waals surface area contributed by atoms with Crippen molar-refractivity contribution in [3.05, 3.63) is 64.9 Å². The number of hydrogen-bond donors (Lipinski definition) is 1. The van der Waals surface area contributed by atoms with Gasteiger partial charge in [-0.1, -0.05) is 35.9 Å². The zero-order valence-corrected chi connectivity index (χ0v) is 12.3. The number of ether oxygens (including phenoxy) is 1. The third kappa shape index (κ3) is 2.75. The summed E-state index contributed by atoms with van der Waals surface area (Å²) < 4.78 is 11.3. The minimum absolute atomic E-state index is 0.486. The maximum absolute atomic E-state index is 10.4. The lowest BCUT2D eigenvalue weighted by Crippen LogP contribution is -1.97. The van der Waals surface area contributed by atoms with E-state index in [4.69, 9.17) is 20.8 Å². The van der Waals surface area contributed by atoms with E-state index in [1.54, 1.807) is 24.3 Å². The van der Waals surface area contributed by atoms with E-state index in [9.17, 15) is 5.11 Å². The molecular weight excluding hydrogens is 288 g/mol. The molecule has 0 aliphatic rings. The van der Waals surface area contributed by atoms with Crippen LogP contribution in [-0.2, 0) is 0 Å². The molecule has 3 rings (SSSR count). The molecule has 0 bridgehead atoms. The molecule has 0 aliphatic carbocycles. The molecule has 1 N–H and O–H groups in total. The van der Waals surface area contributed by atoms with Crippen LogP contribution in [0.5, 0.6) is 5.75 Å². The zero-order chi connectivity index (χ0) is 14.8. The Hall–Kier alpha value is -1.97. The van der Waals surface area contributed by atoms with Gasteiger partial charge in [0.15, 0.2) is 11.3 Å². The minimum atomic E-state index is -0.829. The fourth-order valence-electron chi connectivity index (χ4n) is 2.27. The number of rotatable bonds is 4. The molecule has 0 saturated carbocycles. The van der Waals surface area contributed by atoms with E-state index >= 15 is 0 Å². The average Bonchev–Trinajstić information content (AvgIpc) is 2.93. The van der Waals surface area contributed by atoms with Crippen molar-refractivity contribution in [3.8, 4) is 5.75 Å². The van der Waals surface area contributed by atoms with E-state index in [2.05, 4.69) is 0 Å². The van der Waals surface area contributed by atoms with Crippen molar-refractivity contribution in [3.63, 3.8) is 0 Å². The smallest absolute Gasteiger partial charge is 0.176 e. The van der Waals surface area contributed by atoms with Crippen LogP contribution in [0.3, 0.4) is 0 Å². The number of furan rings is 1. The van der Waals surface area contributed by atoms with Crippen molar-refractivity contribution in [1.82, 2.24) is 0 Å². The lowest BCUT2D eigenvalue weighted by Gasteiger charge is -2.08. The zero-order valence-electron chi connectivity index (χ0n) is 11.5. The fraction of sp³-hybridized carbons (Fsp3) is 0.176. The average molecular weight is 303 g/mol. The molecule has 0 radical (unpaired) electrons. The monoisotopic (exact) mass is 302 g/mol. The molecule has 1 unspecified atom stereocenters. The highest BCUT2D eigenvalue weighted by molar-refractivity contribution is 6.30. The van der Waals surface area contributed by atoms with Crippen molar-refractivity contribution >= 4 is 22.6 Å². The van der Waals surface area contributed by atoms with Gasteiger partial charge in [0.05, 0.1) is 6.61 Å². The maximum Gasteiger partial charge on any atom is 0.176 e. The maximum atomic E-state index is 10.4. The van der Waals surface area contributed by atoms with Gasteiger partial charge in [-0.15, -0.1) is 0 Å². The predicted molar refractivity (Wildman–Crippen MR) is 82.9 cm³/mol. The highest BCUT2D eigenvalue weighted by atomic mass is 35.5. The Balaban J connectivity index is 2.00. The van der Waals surface area contributed by atoms with E-state index < -0.39 is 6.10 Å². The highest BCUT2D eigenvalue weighted by Gasteiger charge is 2.17. The van der Waals surface area contributed by atoms with Gasteiger partial charge in [-0.05, 0) is 36.8 Å². The van der Waals surface area contributed by atoms with Gasteiger partial charge < -0.3 is 14.3 Å². The second-order valence-corrected chi connectivity index (χ2v) is 5.15. The van der Waals surface area contributed by atoms with Crippen molar-refractivity contribution in [2.75, 3.05) is 6.61 Å². The van der Waals surface area contributed by atoms with Gasteiger partial charge in [-0.25, -0.2) is 0 Å². The van der Waals surface area contributed by atoms with Gasteiger partial charge in [0.1, 0.15) is 11.9 Å². The lowest BCUT2D eigenvalue weighted by atomic mass is 10.1. The van der Waals surface area contributed by atoms with Crippen LogP contribution in [0.2, 0.25) is 5.02 Å². The summed E-state index contributed by atoms with van der Waals surface area (Å²) in [5.41, 5.74) is 1.39. The first-order chi connectivity index (χ1) is 10.2. The molecule has 0 saturated heterocycles. The predicted octanol–water partition coefficient (Wildman–Crippen LogP) is 4.57. The van der Waals surface area contributed by atoms with E-state index in [0.29, 0.717) is 28.7 Å². The van der Waals surface area contributed by atoms with Gasteiger partial charge >= 0.3 is 0 Å². The fourth-order valence-corrected chi connectivity index (χ4v) is 2.40. The molecule has 2 aromatic carbocycles. The Morgan fingerprint density at radius 1 is 1.19 bits per heavy atom. The Bertz CT molecular complexity index is 746. The summed E-state index contributed by atoms with van der Waals surface area (Å²) in [4.78, 5) is 0. The van der Waals surface area contributed by atoms with Crippen LogP contribution in [0.15, 0.2) is 52.9 Å². The van der Waals surface area contributed by atoms with Gasteiger partial charge in [0.2, 0.25) is 0 Å². The molecule has 1 heterocycles. The largest absolute Gasteiger partial charge is 0.490 e. The molecule has 0 amide bonds. The first-order valence-corrected chi connectivity index (χ1v) is 7.15. The summed E-state index contributed by atoms with van der Waals surface area (Å²) in [6, 6.07) is 14.6. The quantitative estimate of drug-likeness (QED) is 0.768. The van der Waals surface area contributed by atoms with Crippen LogP contribution in [0.1, 0.15) is 24.4 Å². The van der Waals surface area contributed by atoms with Gasteiger partial charge in [0.25, 0.3) is 0 Å². The van der Waals surface area contributed by atoms with Gasteiger partial charge in [-0.2, -0.15) is 0 Å².